The molecule has 19 heavy (non-hydrogen) atoms. The third-order valence-electron chi connectivity index (χ3n) is 3.10. The number of esters is 1. The van der Waals surface area contributed by atoms with Crippen LogP contribution in [0, 0.1) is 5.92 Å². The second-order valence-electron chi connectivity index (χ2n) is 4.50. The van der Waals surface area contributed by atoms with Crippen molar-refractivity contribution < 1.29 is 14.3 Å². The summed E-state index contributed by atoms with van der Waals surface area (Å²) in [5.41, 5.74) is 0. The molecule has 0 saturated heterocycles. The summed E-state index contributed by atoms with van der Waals surface area (Å²) in [6.45, 7) is 6.29. The topological polar surface area (TPSA) is 43.4 Å². The maximum absolute atomic E-state index is 12.3. The first-order chi connectivity index (χ1) is 9.13. The Morgan fingerprint density at radius 2 is 1.89 bits per heavy atom. The van der Waals surface area contributed by atoms with Crippen molar-refractivity contribution in [3.05, 3.63) is 21.9 Å². The van der Waals surface area contributed by atoms with Gasteiger partial charge < -0.3 is 4.74 Å². The van der Waals surface area contributed by atoms with E-state index in [1.54, 1.807) is 19.1 Å². The van der Waals surface area contributed by atoms with E-state index in [0.717, 1.165) is 25.7 Å². The lowest BCUT2D eigenvalue weighted by Crippen LogP contribution is -2.12. The highest BCUT2D eigenvalue weighted by atomic mass is 32.1. The normalized spacial score (nSPS) is 12.2. The molecule has 1 unspecified atom stereocenters. The second kappa shape index (κ2) is 8.10. The summed E-state index contributed by atoms with van der Waals surface area (Å²) in [5.74, 6) is -0.0988. The van der Waals surface area contributed by atoms with Gasteiger partial charge in [-0.25, -0.2) is 4.79 Å². The second-order valence-corrected chi connectivity index (χ2v) is 5.58. The van der Waals surface area contributed by atoms with E-state index in [1.165, 1.54) is 11.3 Å². The molecule has 0 spiro atoms. The molecule has 0 aliphatic heterocycles. The highest BCUT2D eigenvalue weighted by molar-refractivity contribution is 7.15. The number of carbonyl (C=O) groups excluding carboxylic acids is 2. The SMILES string of the molecule is CCCCC(CC)C(=O)c1ccc(C(=O)OCC)s1. The van der Waals surface area contributed by atoms with Crippen molar-refractivity contribution in [2.24, 2.45) is 5.92 Å². The molecular formula is C15H22O3S. The van der Waals surface area contributed by atoms with Gasteiger partial charge in [-0.2, -0.15) is 0 Å². The molecule has 0 fully saturated rings. The van der Waals surface area contributed by atoms with Crippen LogP contribution in [0.25, 0.3) is 0 Å². The lowest BCUT2D eigenvalue weighted by Gasteiger charge is -2.11. The minimum absolute atomic E-state index is 0.0774. The Hall–Kier alpha value is -1.16. The van der Waals surface area contributed by atoms with Crippen molar-refractivity contribution in [3.63, 3.8) is 0 Å². The van der Waals surface area contributed by atoms with E-state index >= 15 is 0 Å². The first-order valence-corrected chi connectivity index (χ1v) is 7.76. The molecule has 1 atom stereocenters. The van der Waals surface area contributed by atoms with Gasteiger partial charge in [0, 0.05) is 5.92 Å². The summed E-state index contributed by atoms with van der Waals surface area (Å²) >= 11 is 1.24. The molecule has 0 radical (unpaired) electrons. The number of Topliss-reactive ketones (excluding diaryl/α,β-unsaturated/α-hetero) is 1. The molecule has 0 aliphatic rings. The predicted molar refractivity (Wildman–Crippen MR) is 77.9 cm³/mol. The van der Waals surface area contributed by atoms with Gasteiger partial charge in [0.15, 0.2) is 5.78 Å². The zero-order valence-corrected chi connectivity index (χ0v) is 12.7. The third kappa shape index (κ3) is 4.46. The highest BCUT2D eigenvalue weighted by Crippen LogP contribution is 2.24. The van der Waals surface area contributed by atoms with Crippen molar-refractivity contribution in [1.29, 1.82) is 0 Å². The van der Waals surface area contributed by atoms with Crippen LogP contribution in [-0.2, 0) is 4.74 Å². The van der Waals surface area contributed by atoms with Gasteiger partial charge in [-0.05, 0) is 31.9 Å². The first kappa shape index (κ1) is 15.9. The van der Waals surface area contributed by atoms with Gasteiger partial charge in [-0.15, -0.1) is 11.3 Å². The van der Waals surface area contributed by atoms with Crippen LogP contribution in [0.3, 0.4) is 0 Å². The van der Waals surface area contributed by atoms with Crippen molar-refractivity contribution >= 4 is 23.1 Å². The van der Waals surface area contributed by atoms with Crippen molar-refractivity contribution in [2.75, 3.05) is 6.61 Å². The Kier molecular flexibility index (Phi) is 6.78. The molecule has 0 aromatic carbocycles. The van der Waals surface area contributed by atoms with Crippen molar-refractivity contribution in [3.8, 4) is 0 Å². The molecule has 0 aliphatic carbocycles. The van der Waals surface area contributed by atoms with E-state index in [-0.39, 0.29) is 17.7 Å². The van der Waals surface area contributed by atoms with Crippen LogP contribution in [0.1, 0.15) is 65.8 Å². The summed E-state index contributed by atoms with van der Waals surface area (Å²) in [6.07, 6.45) is 3.95. The zero-order chi connectivity index (χ0) is 14.3. The summed E-state index contributed by atoms with van der Waals surface area (Å²) < 4.78 is 4.93. The van der Waals surface area contributed by atoms with Gasteiger partial charge in [0.25, 0.3) is 0 Å². The van der Waals surface area contributed by atoms with E-state index in [4.69, 9.17) is 4.74 Å². The molecule has 106 valence electrons. The van der Waals surface area contributed by atoms with Gasteiger partial charge in [-0.3, -0.25) is 4.79 Å². The fourth-order valence-electron chi connectivity index (χ4n) is 1.95. The molecule has 1 aromatic rings. The van der Waals surface area contributed by atoms with E-state index in [0.29, 0.717) is 16.4 Å². The molecule has 4 heteroatoms. The van der Waals surface area contributed by atoms with Crippen LogP contribution in [0.5, 0.6) is 0 Å². The van der Waals surface area contributed by atoms with Crippen LogP contribution in [0.4, 0.5) is 0 Å². The molecule has 0 amide bonds. The molecule has 1 heterocycles. The van der Waals surface area contributed by atoms with E-state index in [2.05, 4.69) is 6.92 Å². The molecule has 1 rings (SSSR count). The maximum Gasteiger partial charge on any atom is 0.348 e. The smallest absolute Gasteiger partial charge is 0.348 e. The van der Waals surface area contributed by atoms with E-state index < -0.39 is 0 Å². The minimum Gasteiger partial charge on any atom is -0.462 e. The van der Waals surface area contributed by atoms with Gasteiger partial charge in [0.05, 0.1) is 11.5 Å². The average Bonchev–Trinajstić information content (AvgIpc) is 2.89. The van der Waals surface area contributed by atoms with Crippen molar-refractivity contribution in [1.82, 2.24) is 0 Å². The number of hydrogen-bond donors (Lipinski definition) is 0. The predicted octanol–water partition coefficient (Wildman–Crippen LogP) is 4.32. The number of rotatable bonds is 8. The Bertz CT molecular complexity index is 423. The lowest BCUT2D eigenvalue weighted by molar-refractivity contribution is 0.0532. The van der Waals surface area contributed by atoms with Crippen LogP contribution in [0.2, 0.25) is 0 Å². The molecule has 0 N–H and O–H groups in total. The van der Waals surface area contributed by atoms with Crippen molar-refractivity contribution in [2.45, 2.75) is 46.5 Å². The number of ketones is 1. The summed E-state index contributed by atoms with van der Waals surface area (Å²) in [6, 6.07) is 3.43. The molecular weight excluding hydrogens is 260 g/mol. The van der Waals surface area contributed by atoms with Crippen LogP contribution >= 0.6 is 11.3 Å². The Balaban J connectivity index is 2.73. The number of thiophene rings is 1. The van der Waals surface area contributed by atoms with Gasteiger partial charge in [-0.1, -0.05) is 26.7 Å². The monoisotopic (exact) mass is 282 g/mol. The third-order valence-corrected chi connectivity index (χ3v) is 4.18. The average molecular weight is 282 g/mol. The summed E-state index contributed by atoms with van der Waals surface area (Å²) in [7, 11) is 0. The standard InChI is InChI=1S/C15H22O3S/c1-4-7-8-11(5-2)14(16)12-9-10-13(19-12)15(17)18-6-3/h9-11H,4-8H2,1-3H3. The molecule has 0 bridgehead atoms. The van der Waals surface area contributed by atoms with E-state index in [1.807, 2.05) is 6.92 Å². The van der Waals surface area contributed by atoms with E-state index in [9.17, 15) is 9.59 Å². The summed E-state index contributed by atoms with van der Waals surface area (Å²) in [5, 5.41) is 0. The summed E-state index contributed by atoms with van der Waals surface area (Å²) in [4.78, 5) is 25.1. The highest BCUT2D eigenvalue weighted by Gasteiger charge is 2.21. The first-order valence-electron chi connectivity index (χ1n) is 6.95. The Morgan fingerprint density at radius 3 is 2.47 bits per heavy atom. The van der Waals surface area contributed by atoms with Crippen LogP contribution < -0.4 is 0 Å². The lowest BCUT2D eigenvalue weighted by atomic mass is 9.94. The number of hydrogen-bond acceptors (Lipinski definition) is 4. The molecule has 1 aromatic heterocycles. The van der Waals surface area contributed by atoms with Gasteiger partial charge >= 0.3 is 5.97 Å². The molecule has 3 nitrogen and oxygen atoms in total. The maximum atomic E-state index is 12.3. The minimum atomic E-state index is -0.340. The Labute approximate surface area is 119 Å². The largest absolute Gasteiger partial charge is 0.462 e. The number of carbonyl (C=O) groups is 2. The fourth-order valence-corrected chi connectivity index (χ4v) is 2.87. The van der Waals surface area contributed by atoms with Gasteiger partial charge in [0.1, 0.15) is 4.88 Å². The fraction of sp³-hybridized carbons (Fsp3) is 0.600. The van der Waals surface area contributed by atoms with Crippen LogP contribution in [-0.4, -0.2) is 18.4 Å². The number of unbranched alkanes of at least 4 members (excludes halogenated alkanes) is 1. The molecule has 0 saturated carbocycles. The van der Waals surface area contributed by atoms with Crippen LogP contribution in [0.15, 0.2) is 12.1 Å². The zero-order valence-electron chi connectivity index (χ0n) is 11.9. The number of ether oxygens (including phenoxy) is 1. The Morgan fingerprint density at radius 1 is 1.21 bits per heavy atom. The quantitative estimate of drug-likeness (QED) is 0.526. The van der Waals surface area contributed by atoms with Gasteiger partial charge in [0.2, 0.25) is 0 Å².